The van der Waals surface area contributed by atoms with Crippen LogP contribution >= 0.6 is 0 Å². The van der Waals surface area contributed by atoms with Gasteiger partial charge < -0.3 is 4.90 Å². The van der Waals surface area contributed by atoms with Crippen molar-refractivity contribution in [2.75, 3.05) is 19.6 Å². The Morgan fingerprint density at radius 3 is 2.73 bits per heavy atom. The van der Waals surface area contributed by atoms with Gasteiger partial charge in [-0.15, -0.1) is 0 Å². The fourth-order valence-electron chi connectivity index (χ4n) is 3.41. The average molecular weight is 298 g/mol. The van der Waals surface area contributed by atoms with Gasteiger partial charge >= 0.3 is 0 Å². The molecule has 1 aliphatic heterocycles. The van der Waals surface area contributed by atoms with Gasteiger partial charge in [-0.2, -0.15) is 5.10 Å². The second kappa shape index (κ2) is 7.05. The molecule has 0 saturated carbocycles. The van der Waals surface area contributed by atoms with Gasteiger partial charge in [-0.1, -0.05) is 30.3 Å². The van der Waals surface area contributed by atoms with Crippen LogP contribution < -0.4 is 0 Å². The highest BCUT2D eigenvalue weighted by atomic mass is 15.3. The average Bonchev–Trinajstić information content (AvgIpc) is 2.84. The lowest BCUT2D eigenvalue weighted by molar-refractivity contribution is 0.161. The first-order valence-electron chi connectivity index (χ1n) is 8.35. The van der Waals surface area contributed by atoms with E-state index in [0.717, 1.165) is 31.2 Å². The Hall–Kier alpha value is -1.68. The molecular formula is C18H26N4. The van der Waals surface area contributed by atoms with Crippen molar-refractivity contribution in [1.82, 2.24) is 19.7 Å². The molecule has 1 saturated heterocycles. The summed E-state index contributed by atoms with van der Waals surface area (Å²) in [6, 6.07) is 10.8. The minimum absolute atomic E-state index is 0.698. The molecule has 22 heavy (non-hydrogen) atoms. The van der Waals surface area contributed by atoms with E-state index in [4.69, 9.17) is 0 Å². The smallest absolute Gasteiger partial charge is 0.147 e. The molecule has 3 rings (SSSR count). The topological polar surface area (TPSA) is 34.0 Å². The molecule has 0 bridgehead atoms. The number of aryl methyl sites for hydroxylation is 2. The predicted molar refractivity (Wildman–Crippen MR) is 88.8 cm³/mol. The van der Waals surface area contributed by atoms with E-state index >= 15 is 0 Å². The first kappa shape index (κ1) is 15.2. The van der Waals surface area contributed by atoms with E-state index in [9.17, 15) is 0 Å². The van der Waals surface area contributed by atoms with Crippen LogP contribution in [0.15, 0.2) is 30.3 Å². The Morgan fingerprint density at radius 2 is 2.00 bits per heavy atom. The molecule has 0 unspecified atom stereocenters. The minimum atomic E-state index is 0.698. The summed E-state index contributed by atoms with van der Waals surface area (Å²) in [6.45, 7) is 8.61. The first-order valence-corrected chi connectivity index (χ1v) is 8.35. The first-order chi connectivity index (χ1) is 10.7. The molecule has 1 aromatic heterocycles. The van der Waals surface area contributed by atoms with Crippen molar-refractivity contribution in [3.63, 3.8) is 0 Å². The minimum Gasteiger partial charge on any atom is -0.303 e. The highest BCUT2D eigenvalue weighted by molar-refractivity contribution is 5.14. The third-order valence-corrected chi connectivity index (χ3v) is 4.56. The molecule has 118 valence electrons. The molecule has 2 heterocycles. The second-order valence-electron chi connectivity index (χ2n) is 6.43. The molecule has 0 radical (unpaired) electrons. The van der Waals surface area contributed by atoms with Crippen LogP contribution in [0.5, 0.6) is 0 Å². The third-order valence-electron chi connectivity index (χ3n) is 4.56. The molecule has 0 N–H and O–H groups in total. The zero-order valence-electron chi connectivity index (χ0n) is 13.7. The van der Waals surface area contributed by atoms with E-state index in [1.807, 2.05) is 6.92 Å². The van der Waals surface area contributed by atoms with Crippen molar-refractivity contribution in [2.24, 2.45) is 5.92 Å². The Kier molecular flexibility index (Phi) is 4.88. The van der Waals surface area contributed by atoms with Crippen LogP contribution in [0.4, 0.5) is 0 Å². The van der Waals surface area contributed by atoms with E-state index in [1.54, 1.807) is 0 Å². The van der Waals surface area contributed by atoms with Crippen LogP contribution in [-0.2, 0) is 13.0 Å². The summed E-state index contributed by atoms with van der Waals surface area (Å²) in [6.07, 6.45) is 3.75. The summed E-state index contributed by atoms with van der Waals surface area (Å²) >= 11 is 0. The molecule has 1 aliphatic rings. The summed E-state index contributed by atoms with van der Waals surface area (Å²) in [5.41, 5.74) is 1.44. The zero-order chi connectivity index (χ0) is 15.4. The molecule has 0 aliphatic carbocycles. The maximum absolute atomic E-state index is 4.51. The van der Waals surface area contributed by atoms with Crippen molar-refractivity contribution in [2.45, 2.75) is 39.7 Å². The van der Waals surface area contributed by atoms with Gasteiger partial charge in [0.05, 0.1) is 0 Å². The van der Waals surface area contributed by atoms with Crippen molar-refractivity contribution < 1.29 is 0 Å². The number of likely N-dealkylation sites (tertiary alicyclic amines) is 1. The lowest BCUT2D eigenvalue weighted by Crippen LogP contribution is -2.38. The molecule has 1 fully saturated rings. The fraction of sp³-hybridized carbons (Fsp3) is 0.556. The summed E-state index contributed by atoms with van der Waals surface area (Å²) in [7, 11) is 0. The normalized spacial score (nSPS) is 19.5. The quantitative estimate of drug-likeness (QED) is 0.851. The third kappa shape index (κ3) is 3.95. The summed E-state index contributed by atoms with van der Waals surface area (Å²) < 4.78 is 2.08. The molecule has 2 aromatic rings. The molecule has 0 amide bonds. The van der Waals surface area contributed by atoms with Crippen molar-refractivity contribution in [1.29, 1.82) is 0 Å². The number of hydrogen-bond donors (Lipinski definition) is 0. The second-order valence-corrected chi connectivity index (χ2v) is 6.43. The SMILES string of the molecule is Cc1nc(C)n(C[C@@H]2CCCN(CCc3ccccc3)C2)n1. The molecule has 0 spiro atoms. The summed E-state index contributed by atoms with van der Waals surface area (Å²) in [5.74, 6) is 2.62. The van der Waals surface area contributed by atoms with Crippen molar-refractivity contribution in [3.05, 3.63) is 47.5 Å². The number of piperidine rings is 1. The molecule has 1 atom stereocenters. The number of hydrogen-bond acceptors (Lipinski definition) is 3. The number of benzene rings is 1. The molecule has 1 aromatic carbocycles. The predicted octanol–water partition coefficient (Wildman–Crippen LogP) is 2.85. The van der Waals surface area contributed by atoms with Gasteiger partial charge in [0.1, 0.15) is 11.6 Å². The number of rotatable bonds is 5. The van der Waals surface area contributed by atoms with E-state index in [2.05, 4.69) is 56.9 Å². The summed E-state index contributed by atoms with van der Waals surface area (Å²) in [4.78, 5) is 7.02. The lowest BCUT2D eigenvalue weighted by Gasteiger charge is -2.32. The fourth-order valence-corrected chi connectivity index (χ4v) is 3.41. The van der Waals surface area contributed by atoms with Crippen LogP contribution in [0.2, 0.25) is 0 Å². The molecule has 4 nitrogen and oxygen atoms in total. The Balaban J connectivity index is 1.52. The Bertz CT molecular complexity index is 590. The Labute approximate surface area is 133 Å². The highest BCUT2D eigenvalue weighted by Gasteiger charge is 2.21. The van der Waals surface area contributed by atoms with E-state index < -0.39 is 0 Å². The molecular weight excluding hydrogens is 272 g/mol. The largest absolute Gasteiger partial charge is 0.303 e. The zero-order valence-corrected chi connectivity index (χ0v) is 13.7. The Morgan fingerprint density at radius 1 is 1.18 bits per heavy atom. The maximum atomic E-state index is 4.51. The standard InChI is InChI=1S/C18H26N4/c1-15-19-16(2)22(20-15)14-18-9-6-11-21(13-18)12-10-17-7-4-3-5-8-17/h3-5,7-8,18H,6,9-14H2,1-2H3/t18-/m1/s1. The van der Waals surface area contributed by atoms with Gasteiger partial charge in [0.25, 0.3) is 0 Å². The molecule has 4 heteroatoms. The van der Waals surface area contributed by atoms with Crippen molar-refractivity contribution in [3.8, 4) is 0 Å². The van der Waals surface area contributed by atoms with Crippen molar-refractivity contribution >= 4 is 0 Å². The van der Waals surface area contributed by atoms with E-state index in [-0.39, 0.29) is 0 Å². The van der Waals surface area contributed by atoms with Crippen LogP contribution in [0.3, 0.4) is 0 Å². The van der Waals surface area contributed by atoms with Crippen LogP contribution in [0.1, 0.15) is 30.1 Å². The van der Waals surface area contributed by atoms with Gasteiger partial charge in [-0.25, -0.2) is 9.67 Å². The van der Waals surface area contributed by atoms with E-state index in [1.165, 1.54) is 31.5 Å². The van der Waals surface area contributed by atoms with Gasteiger partial charge in [-0.05, 0) is 51.1 Å². The van der Waals surface area contributed by atoms with Gasteiger partial charge in [-0.3, -0.25) is 0 Å². The maximum Gasteiger partial charge on any atom is 0.147 e. The number of aromatic nitrogens is 3. The van der Waals surface area contributed by atoms with Gasteiger partial charge in [0, 0.05) is 19.6 Å². The van der Waals surface area contributed by atoms with Crippen LogP contribution in [0, 0.1) is 19.8 Å². The van der Waals surface area contributed by atoms with Gasteiger partial charge in [0.2, 0.25) is 0 Å². The summed E-state index contributed by atoms with van der Waals surface area (Å²) in [5, 5.41) is 4.51. The van der Waals surface area contributed by atoms with E-state index in [0.29, 0.717) is 5.92 Å². The monoisotopic (exact) mass is 298 g/mol. The highest BCUT2D eigenvalue weighted by Crippen LogP contribution is 2.19. The van der Waals surface area contributed by atoms with Gasteiger partial charge in [0.15, 0.2) is 0 Å². The number of nitrogens with zero attached hydrogens (tertiary/aromatic N) is 4. The lowest BCUT2D eigenvalue weighted by atomic mass is 9.97. The van der Waals surface area contributed by atoms with Crippen LogP contribution in [0.25, 0.3) is 0 Å². The van der Waals surface area contributed by atoms with Crippen LogP contribution in [-0.4, -0.2) is 39.3 Å².